The van der Waals surface area contributed by atoms with Crippen LogP contribution in [0, 0.1) is 16.0 Å². The van der Waals surface area contributed by atoms with Crippen LogP contribution in [0.3, 0.4) is 0 Å². The molecule has 21 heavy (non-hydrogen) atoms. The molecule has 8 heteroatoms. The molecule has 0 fully saturated rings. The van der Waals surface area contributed by atoms with Gasteiger partial charge in [0.1, 0.15) is 6.04 Å². The molecule has 1 aromatic rings. The molecule has 0 aliphatic heterocycles. The average Bonchev–Trinajstić information content (AvgIpc) is 2.37. The van der Waals surface area contributed by atoms with Gasteiger partial charge in [0.05, 0.1) is 9.40 Å². The molecule has 1 atom stereocenters. The van der Waals surface area contributed by atoms with Crippen LogP contribution in [0.2, 0.25) is 0 Å². The highest BCUT2D eigenvalue weighted by molar-refractivity contribution is 9.10. The zero-order valence-corrected chi connectivity index (χ0v) is 13.1. The largest absolute Gasteiger partial charge is 0.480 e. The maximum absolute atomic E-state index is 12.0. The maximum atomic E-state index is 12.0. The minimum Gasteiger partial charge on any atom is -0.480 e. The van der Waals surface area contributed by atoms with Crippen LogP contribution in [-0.2, 0) is 4.79 Å². The van der Waals surface area contributed by atoms with Crippen LogP contribution in [0.4, 0.5) is 5.69 Å². The SMILES string of the molecule is CC(C)C[C@@H](NC(=O)c1ccc(Br)c([N+](=O)[O-])c1)C(=O)O. The van der Waals surface area contributed by atoms with Crippen molar-refractivity contribution in [2.45, 2.75) is 26.3 Å². The summed E-state index contributed by atoms with van der Waals surface area (Å²) >= 11 is 3.02. The van der Waals surface area contributed by atoms with Crippen molar-refractivity contribution < 1.29 is 19.6 Å². The van der Waals surface area contributed by atoms with E-state index >= 15 is 0 Å². The van der Waals surface area contributed by atoms with Crippen molar-refractivity contribution in [3.05, 3.63) is 38.3 Å². The normalized spacial score (nSPS) is 12.0. The quantitative estimate of drug-likeness (QED) is 0.599. The van der Waals surface area contributed by atoms with E-state index in [4.69, 9.17) is 5.11 Å². The Bertz CT molecular complexity index is 574. The van der Waals surface area contributed by atoms with Gasteiger partial charge in [0.15, 0.2) is 0 Å². The number of nitro benzene ring substituents is 1. The van der Waals surface area contributed by atoms with Gasteiger partial charge in [0.2, 0.25) is 0 Å². The second kappa shape index (κ2) is 7.16. The summed E-state index contributed by atoms with van der Waals surface area (Å²) in [6.45, 7) is 3.68. The summed E-state index contributed by atoms with van der Waals surface area (Å²) in [6, 6.07) is 2.85. The first-order valence-corrected chi connectivity index (χ1v) is 6.99. The van der Waals surface area contributed by atoms with Gasteiger partial charge in [-0.2, -0.15) is 0 Å². The summed E-state index contributed by atoms with van der Waals surface area (Å²) in [5, 5.41) is 22.3. The number of carbonyl (C=O) groups is 2. The zero-order chi connectivity index (χ0) is 16.2. The first-order chi connectivity index (χ1) is 9.72. The molecule has 0 heterocycles. The van der Waals surface area contributed by atoms with Crippen LogP contribution in [0.15, 0.2) is 22.7 Å². The summed E-state index contributed by atoms with van der Waals surface area (Å²) in [4.78, 5) is 33.3. The molecule has 7 nitrogen and oxygen atoms in total. The fraction of sp³-hybridized carbons (Fsp3) is 0.385. The molecule has 0 saturated heterocycles. The van der Waals surface area contributed by atoms with Crippen LogP contribution >= 0.6 is 15.9 Å². The number of carboxylic acid groups (broad SMARTS) is 1. The third kappa shape index (κ3) is 4.82. The van der Waals surface area contributed by atoms with Crippen molar-refractivity contribution in [1.29, 1.82) is 0 Å². The molecule has 2 N–H and O–H groups in total. The number of nitro groups is 1. The molecule has 0 aromatic heterocycles. The topological polar surface area (TPSA) is 110 Å². The number of benzene rings is 1. The van der Waals surface area contributed by atoms with Gasteiger partial charge in [-0.25, -0.2) is 4.79 Å². The Morgan fingerprint density at radius 2 is 2.05 bits per heavy atom. The van der Waals surface area contributed by atoms with Gasteiger partial charge in [-0.1, -0.05) is 13.8 Å². The number of carboxylic acids is 1. The van der Waals surface area contributed by atoms with Crippen LogP contribution < -0.4 is 5.32 Å². The van der Waals surface area contributed by atoms with Crippen molar-refractivity contribution in [1.82, 2.24) is 5.32 Å². The molecule has 114 valence electrons. The van der Waals surface area contributed by atoms with Gasteiger partial charge in [-0.15, -0.1) is 0 Å². The number of rotatable bonds is 6. The molecule has 0 bridgehead atoms. The first kappa shape index (κ1) is 17.1. The van der Waals surface area contributed by atoms with Crippen LogP contribution in [0.25, 0.3) is 0 Å². The summed E-state index contributed by atoms with van der Waals surface area (Å²) in [6.07, 6.45) is 0.277. The van der Waals surface area contributed by atoms with E-state index in [9.17, 15) is 19.7 Å². The van der Waals surface area contributed by atoms with Crippen molar-refractivity contribution in [3.63, 3.8) is 0 Å². The molecular formula is C13H15BrN2O5. The van der Waals surface area contributed by atoms with Gasteiger partial charge >= 0.3 is 5.97 Å². The van der Waals surface area contributed by atoms with Crippen molar-refractivity contribution in [3.8, 4) is 0 Å². The molecule has 1 aromatic carbocycles. The van der Waals surface area contributed by atoms with E-state index in [1.54, 1.807) is 0 Å². The predicted molar refractivity (Wildman–Crippen MR) is 79.1 cm³/mol. The molecule has 0 saturated carbocycles. The van der Waals surface area contributed by atoms with E-state index in [0.29, 0.717) is 0 Å². The van der Waals surface area contributed by atoms with Gasteiger partial charge in [0, 0.05) is 11.6 Å². The zero-order valence-electron chi connectivity index (χ0n) is 11.5. The highest BCUT2D eigenvalue weighted by atomic mass is 79.9. The monoisotopic (exact) mass is 358 g/mol. The van der Waals surface area contributed by atoms with E-state index < -0.39 is 22.8 Å². The van der Waals surface area contributed by atoms with Crippen molar-refractivity contribution in [2.75, 3.05) is 0 Å². The third-order valence-corrected chi connectivity index (χ3v) is 3.39. The molecule has 1 rings (SSSR count). The molecular weight excluding hydrogens is 344 g/mol. The highest BCUT2D eigenvalue weighted by Crippen LogP contribution is 2.25. The number of nitrogens with one attached hydrogen (secondary N) is 1. The predicted octanol–water partition coefficient (Wildman–Crippen LogP) is 2.59. The first-order valence-electron chi connectivity index (χ1n) is 6.20. The van der Waals surface area contributed by atoms with Crippen LogP contribution in [-0.4, -0.2) is 27.9 Å². The number of aliphatic carboxylic acids is 1. The molecule has 0 unspecified atom stereocenters. The Balaban J connectivity index is 2.95. The Morgan fingerprint density at radius 1 is 1.43 bits per heavy atom. The summed E-state index contributed by atoms with van der Waals surface area (Å²) in [5.74, 6) is -1.70. The average molecular weight is 359 g/mol. The molecule has 0 aliphatic carbocycles. The maximum Gasteiger partial charge on any atom is 0.326 e. The number of hydrogen-bond acceptors (Lipinski definition) is 4. The second-order valence-corrected chi connectivity index (χ2v) is 5.77. The lowest BCUT2D eigenvalue weighted by molar-refractivity contribution is -0.385. The van der Waals surface area contributed by atoms with E-state index in [-0.39, 0.29) is 28.1 Å². The Kier molecular flexibility index (Phi) is 5.83. The fourth-order valence-electron chi connectivity index (χ4n) is 1.73. The number of carbonyl (C=O) groups excluding carboxylic acids is 1. The van der Waals surface area contributed by atoms with E-state index in [1.807, 2.05) is 13.8 Å². The van der Waals surface area contributed by atoms with Crippen molar-refractivity contribution >= 4 is 33.5 Å². The minimum absolute atomic E-state index is 0.0416. The summed E-state index contributed by atoms with van der Waals surface area (Å²) in [7, 11) is 0. The van der Waals surface area contributed by atoms with E-state index in [0.717, 1.165) is 6.07 Å². The van der Waals surface area contributed by atoms with Crippen LogP contribution in [0.1, 0.15) is 30.6 Å². The van der Waals surface area contributed by atoms with Gasteiger partial charge in [0.25, 0.3) is 11.6 Å². The number of halogens is 1. The van der Waals surface area contributed by atoms with Gasteiger partial charge in [-0.3, -0.25) is 14.9 Å². The standard InChI is InChI=1S/C13H15BrN2O5/c1-7(2)5-10(13(18)19)15-12(17)8-3-4-9(14)11(6-8)16(20)21/h3-4,6-7,10H,5H2,1-2H3,(H,15,17)(H,18,19)/t10-/m1/s1. The molecule has 0 spiro atoms. The van der Waals surface area contributed by atoms with Gasteiger partial charge < -0.3 is 10.4 Å². The number of amides is 1. The minimum atomic E-state index is -1.14. The lowest BCUT2D eigenvalue weighted by atomic mass is 10.0. The highest BCUT2D eigenvalue weighted by Gasteiger charge is 2.23. The lowest BCUT2D eigenvalue weighted by Crippen LogP contribution is -2.41. The third-order valence-electron chi connectivity index (χ3n) is 2.72. The Labute approximate surface area is 129 Å². The van der Waals surface area contributed by atoms with Crippen molar-refractivity contribution in [2.24, 2.45) is 5.92 Å². The second-order valence-electron chi connectivity index (χ2n) is 4.92. The van der Waals surface area contributed by atoms with Gasteiger partial charge in [-0.05, 0) is 40.4 Å². The molecule has 1 amide bonds. The van der Waals surface area contributed by atoms with Crippen LogP contribution in [0.5, 0.6) is 0 Å². The van der Waals surface area contributed by atoms with E-state index in [2.05, 4.69) is 21.2 Å². The number of hydrogen-bond donors (Lipinski definition) is 2. The number of nitrogens with zero attached hydrogens (tertiary/aromatic N) is 1. The smallest absolute Gasteiger partial charge is 0.326 e. The lowest BCUT2D eigenvalue weighted by Gasteiger charge is -2.16. The molecule has 0 radical (unpaired) electrons. The molecule has 0 aliphatic rings. The Hall–Kier alpha value is -1.96. The Morgan fingerprint density at radius 3 is 2.52 bits per heavy atom. The fourth-order valence-corrected chi connectivity index (χ4v) is 2.12. The van der Waals surface area contributed by atoms with E-state index in [1.165, 1.54) is 12.1 Å². The summed E-state index contributed by atoms with van der Waals surface area (Å²) in [5.41, 5.74) is -0.210. The summed E-state index contributed by atoms with van der Waals surface area (Å²) < 4.78 is 0.251.